The van der Waals surface area contributed by atoms with Gasteiger partial charge in [0.2, 0.25) is 6.17 Å². The van der Waals surface area contributed by atoms with E-state index in [4.69, 9.17) is 4.74 Å². The van der Waals surface area contributed by atoms with Crippen LogP contribution in [0.4, 0.5) is 0 Å². The van der Waals surface area contributed by atoms with Gasteiger partial charge < -0.3 is 4.74 Å². The molecule has 3 nitrogen and oxygen atoms in total. The highest BCUT2D eigenvalue weighted by Gasteiger charge is 2.41. The zero-order valence-electron chi connectivity index (χ0n) is 21.1. The largest absolute Gasteiger partial charge is 0.366 e. The van der Waals surface area contributed by atoms with Crippen molar-refractivity contribution in [1.29, 1.82) is 0 Å². The van der Waals surface area contributed by atoms with Crippen molar-refractivity contribution in [2.45, 2.75) is 116 Å². The van der Waals surface area contributed by atoms with Gasteiger partial charge in [0, 0.05) is 6.61 Å². The van der Waals surface area contributed by atoms with Crippen molar-refractivity contribution in [3.8, 4) is 0 Å². The van der Waals surface area contributed by atoms with Crippen LogP contribution in [0.5, 0.6) is 0 Å². The lowest BCUT2D eigenvalue weighted by molar-refractivity contribution is -1.09. The predicted octanol–water partition coefficient (Wildman–Crippen LogP) is 6.61. The number of nitrogens with zero attached hydrogens (tertiary/aromatic N) is 2. The molecule has 0 rings (SSSR count). The van der Waals surface area contributed by atoms with Crippen LogP contribution in [-0.4, -0.2) is 70.1 Å². The van der Waals surface area contributed by atoms with Crippen molar-refractivity contribution in [3.05, 3.63) is 0 Å². The van der Waals surface area contributed by atoms with E-state index in [1.807, 2.05) is 0 Å². The van der Waals surface area contributed by atoms with Crippen LogP contribution in [-0.2, 0) is 4.74 Å². The minimum Gasteiger partial charge on any atom is -0.366 e. The highest BCUT2D eigenvalue weighted by molar-refractivity contribution is 4.57. The number of quaternary nitrogens is 2. The highest BCUT2D eigenvalue weighted by atomic mass is 16.5. The van der Waals surface area contributed by atoms with Gasteiger partial charge in [0.25, 0.3) is 0 Å². The molecule has 0 aromatic heterocycles. The number of rotatable bonds is 19. The van der Waals surface area contributed by atoms with Crippen LogP contribution in [0.25, 0.3) is 0 Å². The molecule has 0 radical (unpaired) electrons. The number of likely N-dealkylation sites (N-methyl/N-ethyl adjacent to an activating group) is 2. The first-order chi connectivity index (χ1) is 13.1. The van der Waals surface area contributed by atoms with E-state index in [2.05, 4.69) is 56.1 Å². The zero-order valence-corrected chi connectivity index (χ0v) is 21.1. The van der Waals surface area contributed by atoms with Crippen molar-refractivity contribution < 1.29 is 13.7 Å². The fraction of sp³-hybridized carbons (Fsp3) is 1.00. The first-order valence-corrected chi connectivity index (χ1v) is 12.3. The molecule has 0 saturated carbocycles. The van der Waals surface area contributed by atoms with Crippen molar-refractivity contribution in [3.63, 3.8) is 0 Å². The molecule has 0 aliphatic carbocycles. The van der Waals surface area contributed by atoms with Crippen LogP contribution in [0.1, 0.15) is 104 Å². The van der Waals surface area contributed by atoms with Crippen LogP contribution < -0.4 is 0 Å². The summed E-state index contributed by atoms with van der Waals surface area (Å²) < 4.78 is 8.10. The van der Waals surface area contributed by atoms with Crippen LogP contribution in [0.3, 0.4) is 0 Å². The highest BCUT2D eigenvalue weighted by Crippen LogP contribution is 2.19. The summed E-state index contributed by atoms with van der Waals surface area (Å²) in [5.41, 5.74) is 0. The zero-order chi connectivity index (χ0) is 21.5. The Balaban J connectivity index is 3.57. The van der Waals surface area contributed by atoms with Crippen LogP contribution in [0, 0.1) is 0 Å². The van der Waals surface area contributed by atoms with Gasteiger partial charge >= 0.3 is 0 Å². The van der Waals surface area contributed by atoms with E-state index in [-0.39, 0.29) is 6.10 Å². The van der Waals surface area contributed by atoms with Gasteiger partial charge in [-0.2, -0.15) is 0 Å². The van der Waals surface area contributed by atoms with Crippen molar-refractivity contribution in [1.82, 2.24) is 0 Å². The molecule has 0 heterocycles. The molecule has 0 aliphatic rings. The van der Waals surface area contributed by atoms with Crippen LogP contribution in [0.2, 0.25) is 0 Å². The van der Waals surface area contributed by atoms with Gasteiger partial charge in [0.15, 0.2) is 6.10 Å². The van der Waals surface area contributed by atoms with E-state index in [0.717, 1.165) is 15.6 Å². The third-order valence-corrected chi connectivity index (χ3v) is 5.89. The van der Waals surface area contributed by atoms with Gasteiger partial charge in [-0.3, -0.25) is 8.97 Å². The fourth-order valence-electron chi connectivity index (χ4n) is 4.95. The van der Waals surface area contributed by atoms with Gasteiger partial charge in [-0.1, -0.05) is 90.4 Å². The first kappa shape index (κ1) is 27.9. The van der Waals surface area contributed by atoms with Gasteiger partial charge in [0.05, 0.1) is 42.3 Å². The molecule has 3 heteroatoms. The second-order valence-corrected chi connectivity index (χ2v) is 10.8. The summed E-state index contributed by atoms with van der Waals surface area (Å²) in [4.78, 5) is 0. The minimum absolute atomic E-state index is 0.280. The molecule has 0 amide bonds. The lowest BCUT2D eigenvalue weighted by Crippen LogP contribution is -2.65. The summed E-state index contributed by atoms with van der Waals surface area (Å²) in [5.74, 6) is 0. The van der Waals surface area contributed by atoms with E-state index < -0.39 is 0 Å². The second kappa shape index (κ2) is 15.7. The smallest absolute Gasteiger partial charge is 0.241 e. The van der Waals surface area contributed by atoms with Crippen LogP contribution >= 0.6 is 0 Å². The summed E-state index contributed by atoms with van der Waals surface area (Å²) in [7, 11) is 13.7. The predicted molar refractivity (Wildman–Crippen MR) is 126 cm³/mol. The Morgan fingerprint density at radius 3 is 1.18 bits per heavy atom. The molecular formula is C25H56N2O+2. The van der Waals surface area contributed by atoms with Crippen molar-refractivity contribution in [2.24, 2.45) is 0 Å². The summed E-state index contributed by atoms with van der Waals surface area (Å²) in [6.45, 7) is 5.46. The van der Waals surface area contributed by atoms with E-state index in [0.29, 0.717) is 6.17 Å². The van der Waals surface area contributed by atoms with Crippen LogP contribution in [0.15, 0.2) is 0 Å². The lowest BCUT2D eigenvalue weighted by Gasteiger charge is -2.45. The number of unbranched alkanes of at least 4 members (excludes halogenated alkanes) is 13. The van der Waals surface area contributed by atoms with E-state index in [9.17, 15) is 0 Å². The Morgan fingerprint density at radius 2 is 0.857 bits per heavy atom. The Labute approximate surface area is 179 Å². The maximum atomic E-state index is 6.23. The third kappa shape index (κ3) is 14.8. The van der Waals surface area contributed by atoms with E-state index in [1.165, 1.54) is 89.9 Å². The average molecular weight is 401 g/mol. The second-order valence-electron chi connectivity index (χ2n) is 10.8. The minimum atomic E-state index is 0.280. The van der Waals surface area contributed by atoms with Gasteiger partial charge in [-0.05, 0) is 13.3 Å². The Kier molecular flexibility index (Phi) is 15.6. The lowest BCUT2D eigenvalue weighted by atomic mass is 10.0. The standard InChI is InChI=1S/C25H56N2O/c1-9-10-11-12-13-14-15-16-17-18-19-20-21-22-23-28-24(2)25(26(3,4)5)27(6,7)8/h24-25H,9-23H2,1-8H3/q+2. The summed E-state index contributed by atoms with van der Waals surface area (Å²) >= 11 is 0. The molecule has 0 aliphatic heterocycles. The molecule has 0 N–H and O–H groups in total. The summed E-state index contributed by atoms with van der Waals surface area (Å²) in [6.07, 6.45) is 20.4. The quantitative estimate of drug-likeness (QED) is 0.135. The maximum absolute atomic E-state index is 6.23. The topological polar surface area (TPSA) is 9.23 Å². The molecule has 170 valence electrons. The first-order valence-electron chi connectivity index (χ1n) is 12.3. The van der Waals surface area contributed by atoms with Gasteiger partial charge in [0.1, 0.15) is 0 Å². The number of hydrogen-bond acceptors (Lipinski definition) is 1. The van der Waals surface area contributed by atoms with E-state index in [1.54, 1.807) is 0 Å². The monoisotopic (exact) mass is 400 g/mol. The molecular weight excluding hydrogens is 344 g/mol. The van der Waals surface area contributed by atoms with Gasteiger partial charge in [-0.15, -0.1) is 0 Å². The molecule has 0 aromatic carbocycles. The van der Waals surface area contributed by atoms with Crippen molar-refractivity contribution in [2.75, 3.05) is 48.9 Å². The molecule has 0 bridgehead atoms. The Morgan fingerprint density at radius 1 is 0.536 bits per heavy atom. The number of ether oxygens (including phenoxy) is 1. The van der Waals surface area contributed by atoms with Gasteiger partial charge in [-0.25, -0.2) is 0 Å². The molecule has 1 atom stereocenters. The molecule has 0 aromatic rings. The molecule has 28 heavy (non-hydrogen) atoms. The van der Waals surface area contributed by atoms with Crippen molar-refractivity contribution >= 4 is 0 Å². The van der Waals surface area contributed by atoms with E-state index >= 15 is 0 Å². The maximum Gasteiger partial charge on any atom is 0.241 e. The molecule has 0 fully saturated rings. The molecule has 1 unspecified atom stereocenters. The molecule has 0 saturated heterocycles. The number of hydrogen-bond donors (Lipinski definition) is 0. The average Bonchev–Trinajstić information content (AvgIpc) is 2.55. The fourth-order valence-corrected chi connectivity index (χ4v) is 4.95. The normalized spacial score (nSPS) is 14.0. The summed E-state index contributed by atoms with van der Waals surface area (Å²) in [6, 6.07) is 0. The molecule has 0 spiro atoms. The Hall–Kier alpha value is -0.120. The Bertz CT molecular complexity index is 329. The SMILES string of the molecule is CCCCCCCCCCCCCCCCOC(C)C([N+](C)(C)C)[N+](C)(C)C. The third-order valence-electron chi connectivity index (χ3n) is 5.89. The summed E-state index contributed by atoms with van der Waals surface area (Å²) in [5, 5.41) is 0.